The molecule has 0 saturated carbocycles. The lowest BCUT2D eigenvalue weighted by Gasteiger charge is -2.26. The second kappa shape index (κ2) is 8.26. The van der Waals surface area contributed by atoms with Crippen molar-refractivity contribution < 1.29 is 27.5 Å². The Morgan fingerprint density at radius 2 is 2.08 bits per heavy atom. The molecule has 1 aliphatic heterocycles. The van der Waals surface area contributed by atoms with E-state index < -0.39 is 27.8 Å². The summed E-state index contributed by atoms with van der Waals surface area (Å²) in [5.74, 6) is -0.624. The molecule has 1 aromatic rings. The topological polar surface area (TPSA) is 90.0 Å². The molecule has 2 unspecified atom stereocenters. The van der Waals surface area contributed by atoms with E-state index in [4.69, 9.17) is 21.1 Å². The summed E-state index contributed by atoms with van der Waals surface area (Å²) in [6.45, 7) is 2.90. The van der Waals surface area contributed by atoms with Crippen molar-refractivity contribution in [2.24, 2.45) is 0 Å². The van der Waals surface area contributed by atoms with E-state index in [1.807, 2.05) is 0 Å². The summed E-state index contributed by atoms with van der Waals surface area (Å²) in [5.41, 5.74) is 0.775. The van der Waals surface area contributed by atoms with Crippen molar-refractivity contribution in [2.75, 3.05) is 25.2 Å². The maximum atomic E-state index is 12.3. The minimum absolute atomic E-state index is 0.0607. The molecule has 1 heterocycles. The number of esters is 1. The minimum atomic E-state index is -3.10. The third-order valence-electron chi connectivity index (χ3n) is 4.24. The monoisotopic (exact) mass is 403 g/mol. The molecule has 0 aliphatic carbocycles. The van der Waals surface area contributed by atoms with Gasteiger partial charge in [0.15, 0.2) is 22.5 Å². The Morgan fingerprint density at radius 3 is 2.65 bits per heavy atom. The predicted octanol–water partition coefficient (Wildman–Crippen LogP) is 1.60. The molecule has 0 spiro atoms. The molecular weight excluding hydrogens is 382 g/mol. The summed E-state index contributed by atoms with van der Waals surface area (Å²) < 4.78 is 33.6. The first-order chi connectivity index (χ1) is 12.1. The summed E-state index contributed by atoms with van der Waals surface area (Å²) >= 11 is 5.86. The van der Waals surface area contributed by atoms with Crippen LogP contribution in [-0.2, 0) is 24.2 Å². The summed E-state index contributed by atoms with van der Waals surface area (Å²) in [7, 11) is -1.58. The van der Waals surface area contributed by atoms with Crippen LogP contribution in [0.4, 0.5) is 0 Å². The van der Waals surface area contributed by atoms with E-state index in [9.17, 15) is 18.0 Å². The molecule has 2 rings (SSSR count). The zero-order valence-electron chi connectivity index (χ0n) is 14.9. The van der Waals surface area contributed by atoms with Gasteiger partial charge in [0, 0.05) is 18.1 Å². The van der Waals surface area contributed by atoms with Crippen LogP contribution in [0.15, 0.2) is 18.2 Å². The van der Waals surface area contributed by atoms with Gasteiger partial charge in [-0.25, -0.2) is 13.2 Å². The third kappa shape index (κ3) is 5.35. The molecule has 144 valence electrons. The van der Waals surface area contributed by atoms with Crippen LogP contribution in [0.2, 0.25) is 5.02 Å². The number of sulfone groups is 1. The Balaban J connectivity index is 1.85. The van der Waals surface area contributed by atoms with E-state index in [0.717, 1.165) is 5.56 Å². The maximum Gasteiger partial charge on any atom is 0.344 e. The number of likely N-dealkylation sites (N-methyl/N-ethyl adjacent to an activating group) is 1. The number of carbonyl (C=O) groups excluding carboxylic acids is 2. The van der Waals surface area contributed by atoms with Crippen LogP contribution >= 0.6 is 11.6 Å². The Hall–Kier alpha value is -1.80. The molecule has 0 N–H and O–H groups in total. The van der Waals surface area contributed by atoms with Gasteiger partial charge in [0.05, 0.1) is 11.5 Å². The highest BCUT2D eigenvalue weighted by molar-refractivity contribution is 7.91. The smallest absolute Gasteiger partial charge is 0.344 e. The van der Waals surface area contributed by atoms with Gasteiger partial charge in [-0.1, -0.05) is 11.6 Å². The first kappa shape index (κ1) is 20.5. The van der Waals surface area contributed by atoms with Crippen LogP contribution < -0.4 is 4.74 Å². The second-order valence-corrected chi connectivity index (χ2v) is 9.00. The van der Waals surface area contributed by atoms with Gasteiger partial charge in [0.2, 0.25) is 0 Å². The van der Waals surface area contributed by atoms with E-state index in [0.29, 0.717) is 17.2 Å². The molecule has 7 nitrogen and oxygen atoms in total. The van der Waals surface area contributed by atoms with Crippen molar-refractivity contribution in [3.8, 4) is 5.75 Å². The van der Waals surface area contributed by atoms with Crippen molar-refractivity contribution >= 4 is 33.3 Å². The number of amides is 1. The lowest BCUT2D eigenvalue weighted by molar-refractivity contribution is -0.160. The fraction of sp³-hybridized carbons (Fsp3) is 0.529. The van der Waals surface area contributed by atoms with Gasteiger partial charge in [-0.05, 0) is 44.0 Å². The molecule has 1 fully saturated rings. The first-order valence-corrected chi connectivity index (χ1v) is 10.3. The van der Waals surface area contributed by atoms with Gasteiger partial charge < -0.3 is 14.4 Å². The largest absolute Gasteiger partial charge is 0.482 e. The lowest BCUT2D eigenvalue weighted by Crippen LogP contribution is -2.44. The van der Waals surface area contributed by atoms with E-state index in [2.05, 4.69) is 0 Å². The second-order valence-electron chi connectivity index (χ2n) is 6.34. The molecule has 1 saturated heterocycles. The molecule has 1 amide bonds. The fourth-order valence-corrected chi connectivity index (χ4v) is 4.74. The van der Waals surface area contributed by atoms with E-state index in [1.165, 1.54) is 18.9 Å². The summed E-state index contributed by atoms with van der Waals surface area (Å²) in [6.07, 6.45) is -0.629. The van der Waals surface area contributed by atoms with Gasteiger partial charge >= 0.3 is 5.97 Å². The zero-order valence-corrected chi connectivity index (χ0v) is 16.5. The van der Waals surface area contributed by atoms with Gasteiger partial charge in [0.1, 0.15) is 5.75 Å². The Bertz CT molecular complexity index is 794. The quantitative estimate of drug-likeness (QED) is 0.670. The average molecular weight is 404 g/mol. The van der Waals surface area contributed by atoms with Crippen LogP contribution in [0.3, 0.4) is 0 Å². The number of nitrogens with zero attached hydrogens (tertiary/aromatic N) is 1. The van der Waals surface area contributed by atoms with E-state index in [-0.39, 0.29) is 24.2 Å². The SMILES string of the molecule is Cc1cc(Cl)ccc1OCC(=O)OC(C)C(=O)N(C)C1CCS(=O)(=O)C1. The molecule has 0 aromatic heterocycles. The molecule has 0 bridgehead atoms. The van der Waals surface area contributed by atoms with Crippen LogP contribution in [0, 0.1) is 6.92 Å². The first-order valence-electron chi connectivity index (χ1n) is 8.14. The molecule has 1 aliphatic rings. The average Bonchev–Trinajstić information content (AvgIpc) is 2.92. The van der Waals surface area contributed by atoms with E-state index >= 15 is 0 Å². The number of halogens is 1. The number of benzene rings is 1. The summed E-state index contributed by atoms with van der Waals surface area (Å²) in [4.78, 5) is 25.6. The Labute approximate surface area is 158 Å². The predicted molar refractivity (Wildman–Crippen MR) is 97.1 cm³/mol. The van der Waals surface area contributed by atoms with Gasteiger partial charge in [-0.15, -0.1) is 0 Å². The minimum Gasteiger partial charge on any atom is -0.482 e. The highest BCUT2D eigenvalue weighted by Crippen LogP contribution is 2.22. The molecule has 1 aromatic carbocycles. The van der Waals surface area contributed by atoms with Crippen molar-refractivity contribution in [1.82, 2.24) is 4.90 Å². The number of hydrogen-bond acceptors (Lipinski definition) is 6. The van der Waals surface area contributed by atoms with Crippen molar-refractivity contribution in [3.05, 3.63) is 28.8 Å². The van der Waals surface area contributed by atoms with Gasteiger partial charge in [0.25, 0.3) is 5.91 Å². The van der Waals surface area contributed by atoms with Crippen LogP contribution in [0.25, 0.3) is 0 Å². The zero-order chi connectivity index (χ0) is 19.5. The van der Waals surface area contributed by atoms with Gasteiger partial charge in [-0.3, -0.25) is 4.79 Å². The van der Waals surface area contributed by atoms with Crippen LogP contribution in [0.5, 0.6) is 5.75 Å². The molecule has 26 heavy (non-hydrogen) atoms. The molecular formula is C17H22ClNO6S. The third-order valence-corrected chi connectivity index (χ3v) is 6.23. The molecule has 9 heteroatoms. The summed E-state index contributed by atoms with van der Waals surface area (Å²) in [6, 6.07) is 4.61. The van der Waals surface area contributed by atoms with Crippen molar-refractivity contribution in [2.45, 2.75) is 32.4 Å². The van der Waals surface area contributed by atoms with Crippen LogP contribution in [0.1, 0.15) is 18.9 Å². The summed E-state index contributed by atoms with van der Waals surface area (Å²) in [5, 5.41) is 0.564. The standard InChI is InChI=1S/C17H22ClNO6S/c1-11-8-13(18)4-5-15(11)24-9-16(20)25-12(2)17(21)19(3)14-6-7-26(22,23)10-14/h4-5,8,12,14H,6-7,9-10H2,1-3H3. The normalized spacial score (nSPS) is 19.6. The van der Waals surface area contributed by atoms with Crippen molar-refractivity contribution in [3.63, 3.8) is 0 Å². The van der Waals surface area contributed by atoms with Gasteiger partial charge in [-0.2, -0.15) is 0 Å². The van der Waals surface area contributed by atoms with Crippen molar-refractivity contribution in [1.29, 1.82) is 0 Å². The fourth-order valence-electron chi connectivity index (χ4n) is 2.74. The number of hydrogen-bond donors (Lipinski definition) is 0. The maximum absolute atomic E-state index is 12.3. The number of rotatable bonds is 6. The highest BCUT2D eigenvalue weighted by Gasteiger charge is 2.34. The number of carbonyl (C=O) groups is 2. The Kier molecular flexibility index (Phi) is 6.52. The Morgan fingerprint density at radius 1 is 1.38 bits per heavy atom. The number of ether oxygens (including phenoxy) is 2. The lowest BCUT2D eigenvalue weighted by atomic mass is 10.2. The van der Waals surface area contributed by atoms with E-state index in [1.54, 1.807) is 25.1 Å². The molecule has 0 radical (unpaired) electrons. The van der Waals surface area contributed by atoms with Crippen LogP contribution in [-0.4, -0.2) is 62.5 Å². The highest BCUT2D eigenvalue weighted by atomic mass is 35.5. The number of aryl methyl sites for hydroxylation is 1. The molecule has 2 atom stereocenters.